The van der Waals surface area contributed by atoms with Crippen molar-refractivity contribution in [1.82, 2.24) is 19.8 Å². The SMILES string of the molecule is CCn1ccnc1C1CCCCN1C(=O)NC1CCC2CCCC2C1. The lowest BCUT2D eigenvalue weighted by Gasteiger charge is -2.38. The summed E-state index contributed by atoms with van der Waals surface area (Å²) in [5.74, 6) is 2.85. The normalized spacial score (nSPS) is 32.4. The van der Waals surface area contributed by atoms with E-state index in [-0.39, 0.29) is 12.1 Å². The standard InChI is InChI=1S/C20H32N4O/c1-2-23-13-11-21-19(23)18-8-3-4-12-24(18)20(25)22-17-10-9-15-6-5-7-16(15)14-17/h11,13,15-18H,2-10,12,14H2,1H3,(H,22,25). The molecule has 5 heteroatoms. The third-order valence-corrected chi connectivity index (χ3v) is 6.77. The van der Waals surface area contributed by atoms with Crippen LogP contribution in [0.15, 0.2) is 12.4 Å². The molecule has 138 valence electrons. The van der Waals surface area contributed by atoms with E-state index >= 15 is 0 Å². The van der Waals surface area contributed by atoms with Gasteiger partial charge in [-0.3, -0.25) is 0 Å². The zero-order valence-electron chi connectivity index (χ0n) is 15.5. The molecule has 4 rings (SSSR count). The second-order valence-electron chi connectivity index (χ2n) is 8.19. The smallest absolute Gasteiger partial charge is 0.318 e. The van der Waals surface area contributed by atoms with E-state index in [9.17, 15) is 4.79 Å². The van der Waals surface area contributed by atoms with Gasteiger partial charge in [-0.05, 0) is 57.3 Å². The van der Waals surface area contributed by atoms with Crippen LogP contribution in [-0.2, 0) is 6.54 Å². The summed E-state index contributed by atoms with van der Waals surface area (Å²) in [5.41, 5.74) is 0. The number of rotatable bonds is 3. The molecule has 2 aliphatic carbocycles. The molecule has 5 nitrogen and oxygen atoms in total. The van der Waals surface area contributed by atoms with E-state index in [2.05, 4.69) is 26.7 Å². The number of amides is 2. The quantitative estimate of drug-likeness (QED) is 0.897. The van der Waals surface area contributed by atoms with Crippen molar-refractivity contribution in [3.63, 3.8) is 0 Å². The van der Waals surface area contributed by atoms with Crippen LogP contribution >= 0.6 is 0 Å². The molecule has 0 aromatic carbocycles. The van der Waals surface area contributed by atoms with Gasteiger partial charge >= 0.3 is 6.03 Å². The fraction of sp³-hybridized carbons (Fsp3) is 0.800. The number of aromatic nitrogens is 2. The summed E-state index contributed by atoms with van der Waals surface area (Å²) in [7, 11) is 0. The number of carbonyl (C=O) groups is 1. The van der Waals surface area contributed by atoms with E-state index in [1.807, 2.05) is 12.4 Å². The summed E-state index contributed by atoms with van der Waals surface area (Å²) < 4.78 is 2.18. The van der Waals surface area contributed by atoms with Crippen LogP contribution in [0.2, 0.25) is 0 Å². The van der Waals surface area contributed by atoms with Crippen LogP contribution in [0, 0.1) is 11.8 Å². The van der Waals surface area contributed by atoms with E-state index in [0.717, 1.165) is 50.0 Å². The third-order valence-electron chi connectivity index (χ3n) is 6.77. The minimum atomic E-state index is 0.131. The zero-order valence-corrected chi connectivity index (χ0v) is 15.5. The van der Waals surface area contributed by atoms with Crippen LogP contribution in [-0.4, -0.2) is 33.1 Å². The number of imidazole rings is 1. The molecule has 1 N–H and O–H groups in total. The lowest BCUT2D eigenvalue weighted by Crippen LogP contribution is -2.50. The fourth-order valence-corrected chi connectivity index (χ4v) is 5.42. The second-order valence-corrected chi connectivity index (χ2v) is 8.19. The molecule has 4 atom stereocenters. The van der Waals surface area contributed by atoms with Gasteiger partial charge in [0.1, 0.15) is 5.82 Å². The first-order chi connectivity index (χ1) is 12.3. The van der Waals surface area contributed by atoms with Gasteiger partial charge < -0.3 is 14.8 Å². The van der Waals surface area contributed by atoms with Crippen molar-refractivity contribution in [3.05, 3.63) is 18.2 Å². The third kappa shape index (κ3) is 3.42. The van der Waals surface area contributed by atoms with Crippen molar-refractivity contribution >= 4 is 6.03 Å². The van der Waals surface area contributed by atoms with Crippen LogP contribution in [0.4, 0.5) is 4.79 Å². The zero-order chi connectivity index (χ0) is 17.2. The van der Waals surface area contributed by atoms with Gasteiger partial charge in [-0.1, -0.05) is 19.3 Å². The van der Waals surface area contributed by atoms with Crippen LogP contribution in [0.1, 0.15) is 76.6 Å². The Bertz CT molecular complexity index is 598. The van der Waals surface area contributed by atoms with Gasteiger partial charge in [0, 0.05) is 31.5 Å². The molecule has 3 aliphatic rings. The number of nitrogens with zero attached hydrogens (tertiary/aromatic N) is 3. The Morgan fingerprint density at radius 1 is 1.16 bits per heavy atom. The first kappa shape index (κ1) is 16.9. The Hall–Kier alpha value is -1.52. The maximum atomic E-state index is 13.0. The predicted molar refractivity (Wildman–Crippen MR) is 98.2 cm³/mol. The number of nitrogens with one attached hydrogen (secondary N) is 1. The van der Waals surface area contributed by atoms with Crippen LogP contribution in [0.25, 0.3) is 0 Å². The maximum Gasteiger partial charge on any atom is 0.318 e. The Morgan fingerprint density at radius 2 is 2.04 bits per heavy atom. The first-order valence-electron chi connectivity index (χ1n) is 10.3. The Labute approximate surface area is 151 Å². The Kier molecular flexibility index (Phi) is 5.00. The highest BCUT2D eigenvalue weighted by molar-refractivity contribution is 5.75. The molecule has 1 aromatic rings. The van der Waals surface area contributed by atoms with E-state index in [0.29, 0.717) is 6.04 Å². The molecule has 2 saturated carbocycles. The van der Waals surface area contributed by atoms with Crippen LogP contribution < -0.4 is 5.32 Å². The number of carbonyl (C=O) groups excluding carboxylic acids is 1. The van der Waals surface area contributed by atoms with Gasteiger partial charge in [0.05, 0.1) is 6.04 Å². The molecule has 0 radical (unpaired) electrons. The average Bonchev–Trinajstić information content (AvgIpc) is 3.30. The number of piperidine rings is 1. The fourth-order valence-electron chi connectivity index (χ4n) is 5.42. The van der Waals surface area contributed by atoms with E-state index < -0.39 is 0 Å². The van der Waals surface area contributed by atoms with Gasteiger partial charge in [0.15, 0.2) is 0 Å². The van der Waals surface area contributed by atoms with Gasteiger partial charge in [0.25, 0.3) is 0 Å². The number of hydrogen-bond acceptors (Lipinski definition) is 2. The number of hydrogen-bond donors (Lipinski definition) is 1. The molecule has 2 heterocycles. The van der Waals surface area contributed by atoms with Crippen molar-refractivity contribution in [2.24, 2.45) is 11.8 Å². The molecule has 25 heavy (non-hydrogen) atoms. The number of aryl methyl sites for hydroxylation is 1. The summed E-state index contributed by atoms with van der Waals surface area (Å²) in [6.45, 7) is 3.90. The molecule has 0 bridgehead atoms. The van der Waals surface area contributed by atoms with Gasteiger partial charge in [-0.2, -0.15) is 0 Å². The molecular formula is C20H32N4O. The molecule has 1 saturated heterocycles. The summed E-state index contributed by atoms with van der Waals surface area (Å²) in [6, 6.07) is 0.642. The van der Waals surface area contributed by atoms with E-state index in [1.54, 1.807) is 0 Å². The largest absolute Gasteiger partial charge is 0.335 e. The highest BCUT2D eigenvalue weighted by Crippen LogP contribution is 2.42. The molecule has 3 fully saturated rings. The number of fused-ring (bicyclic) bond motifs is 1. The minimum absolute atomic E-state index is 0.131. The molecule has 1 aliphatic heterocycles. The monoisotopic (exact) mass is 344 g/mol. The molecular weight excluding hydrogens is 312 g/mol. The highest BCUT2D eigenvalue weighted by atomic mass is 16.2. The van der Waals surface area contributed by atoms with Crippen molar-refractivity contribution in [2.75, 3.05) is 6.54 Å². The van der Waals surface area contributed by atoms with Crippen LogP contribution in [0.3, 0.4) is 0 Å². The number of likely N-dealkylation sites (tertiary alicyclic amines) is 1. The summed E-state index contributed by atoms with van der Waals surface area (Å²) in [4.78, 5) is 19.7. The van der Waals surface area contributed by atoms with Gasteiger partial charge in [0.2, 0.25) is 0 Å². The minimum Gasteiger partial charge on any atom is -0.335 e. The number of urea groups is 1. The molecule has 1 aromatic heterocycles. The highest BCUT2D eigenvalue weighted by Gasteiger charge is 2.36. The van der Waals surface area contributed by atoms with Crippen molar-refractivity contribution < 1.29 is 4.79 Å². The second kappa shape index (κ2) is 7.38. The summed E-state index contributed by atoms with van der Waals surface area (Å²) in [5, 5.41) is 3.38. The summed E-state index contributed by atoms with van der Waals surface area (Å²) in [6.07, 6.45) is 15.0. The molecule has 0 spiro atoms. The van der Waals surface area contributed by atoms with Gasteiger partial charge in [-0.15, -0.1) is 0 Å². The van der Waals surface area contributed by atoms with E-state index in [4.69, 9.17) is 0 Å². The van der Waals surface area contributed by atoms with Crippen molar-refractivity contribution in [1.29, 1.82) is 0 Å². The topological polar surface area (TPSA) is 50.2 Å². The van der Waals surface area contributed by atoms with Gasteiger partial charge in [-0.25, -0.2) is 9.78 Å². The molecule has 4 unspecified atom stereocenters. The van der Waals surface area contributed by atoms with Crippen LogP contribution in [0.5, 0.6) is 0 Å². The lowest BCUT2D eigenvalue weighted by atomic mass is 9.79. The Balaban J connectivity index is 1.42. The van der Waals surface area contributed by atoms with Crippen molar-refractivity contribution in [2.45, 2.75) is 83.3 Å². The molecule has 2 amide bonds. The predicted octanol–water partition coefficient (Wildman–Crippen LogP) is 4.11. The average molecular weight is 345 g/mol. The van der Waals surface area contributed by atoms with E-state index in [1.165, 1.54) is 38.5 Å². The first-order valence-corrected chi connectivity index (χ1v) is 10.3. The summed E-state index contributed by atoms with van der Waals surface area (Å²) >= 11 is 0. The Morgan fingerprint density at radius 3 is 2.92 bits per heavy atom. The lowest BCUT2D eigenvalue weighted by molar-refractivity contribution is 0.135. The maximum absolute atomic E-state index is 13.0. The van der Waals surface area contributed by atoms with Crippen molar-refractivity contribution in [3.8, 4) is 0 Å².